The Bertz CT molecular complexity index is 210. The normalized spacial score (nSPS) is 16.4. The van der Waals surface area contributed by atoms with Crippen LogP contribution in [0.15, 0.2) is 18.3 Å². The van der Waals surface area contributed by atoms with E-state index in [0.29, 0.717) is 0 Å². The summed E-state index contributed by atoms with van der Waals surface area (Å²) >= 11 is 2.11. The average Bonchev–Trinajstić information content (AvgIpc) is 2.51. The van der Waals surface area contributed by atoms with E-state index in [0.717, 1.165) is 16.8 Å². The number of aromatic nitrogens is 2. The Morgan fingerprint density at radius 1 is 1.14 bits per heavy atom. The van der Waals surface area contributed by atoms with Crippen molar-refractivity contribution in [2.24, 2.45) is 0 Å². The topological polar surface area (TPSA) is 49.8 Å². The van der Waals surface area contributed by atoms with E-state index in [1.54, 1.807) is 6.20 Å². The van der Waals surface area contributed by atoms with E-state index in [2.05, 4.69) is 43.4 Å². The number of rotatable bonds is 0. The molecule has 1 aromatic heterocycles. The molecule has 2 rings (SSSR count). The van der Waals surface area contributed by atoms with Crippen molar-refractivity contribution in [1.29, 1.82) is 0 Å². The predicted molar refractivity (Wildman–Crippen MR) is 65.1 cm³/mol. The molecule has 0 saturated carbocycles. The van der Waals surface area contributed by atoms with Crippen LogP contribution in [0.2, 0.25) is 0 Å². The molecule has 1 aliphatic heterocycles. The van der Waals surface area contributed by atoms with Crippen molar-refractivity contribution < 1.29 is 0 Å². The summed E-state index contributed by atoms with van der Waals surface area (Å²) in [5.41, 5.74) is 0. The quantitative estimate of drug-likeness (QED) is 0.691. The Balaban J connectivity index is 0.000000140. The largest absolute Gasteiger partial charge is 0.315 e. The summed E-state index contributed by atoms with van der Waals surface area (Å²) in [4.78, 5) is 0. The van der Waals surface area contributed by atoms with Crippen molar-refractivity contribution in [1.82, 2.24) is 20.8 Å². The molecule has 5 heteroatoms. The fraction of sp³-hybridized carbons (Fsp3) is 0.556. The van der Waals surface area contributed by atoms with E-state index < -0.39 is 0 Å². The van der Waals surface area contributed by atoms with Gasteiger partial charge in [-0.25, -0.2) is 0 Å². The van der Waals surface area contributed by atoms with Gasteiger partial charge in [0.1, 0.15) is 3.70 Å². The smallest absolute Gasteiger partial charge is 0.123 e. The lowest BCUT2D eigenvalue weighted by Gasteiger charge is -1.92. The molecular formula is C9H15IN4. The van der Waals surface area contributed by atoms with E-state index in [1.807, 2.05) is 12.1 Å². The van der Waals surface area contributed by atoms with Crippen LogP contribution in [0.25, 0.3) is 0 Å². The second-order valence-electron chi connectivity index (χ2n) is 2.90. The third kappa shape index (κ3) is 6.22. The maximum Gasteiger partial charge on any atom is 0.123 e. The van der Waals surface area contributed by atoms with Crippen molar-refractivity contribution in [2.75, 3.05) is 26.2 Å². The number of nitrogens with one attached hydrogen (secondary N) is 2. The lowest BCUT2D eigenvalue weighted by atomic mass is 10.4. The number of halogens is 1. The molecule has 0 unspecified atom stereocenters. The molecule has 0 radical (unpaired) electrons. The molecule has 4 nitrogen and oxygen atoms in total. The van der Waals surface area contributed by atoms with Gasteiger partial charge < -0.3 is 10.6 Å². The zero-order valence-electron chi connectivity index (χ0n) is 8.04. The highest BCUT2D eigenvalue weighted by Crippen LogP contribution is 1.92. The first-order valence-corrected chi connectivity index (χ1v) is 5.82. The Morgan fingerprint density at radius 3 is 2.29 bits per heavy atom. The minimum absolute atomic E-state index is 0.931. The van der Waals surface area contributed by atoms with Gasteiger partial charge in [-0.15, -0.1) is 5.10 Å². The van der Waals surface area contributed by atoms with Gasteiger partial charge in [0.15, 0.2) is 0 Å². The van der Waals surface area contributed by atoms with Crippen LogP contribution >= 0.6 is 22.6 Å². The first kappa shape index (κ1) is 11.8. The number of hydrogen-bond donors (Lipinski definition) is 2. The fourth-order valence-corrected chi connectivity index (χ4v) is 1.38. The molecule has 0 aromatic carbocycles. The molecule has 0 spiro atoms. The zero-order valence-corrected chi connectivity index (χ0v) is 10.2. The highest BCUT2D eigenvalue weighted by atomic mass is 127. The maximum absolute atomic E-state index is 3.72. The maximum atomic E-state index is 3.72. The summed E-state index contributed by atoms with van der Waals surface area (Å²) < 4.78 is 0.931. The third-order valence-electron chi connectivity index (χ3n) is 1.73. The summed E-state index contributed by atoms with van der Waals surface area (Å²) in [6.07, 6.45) is 2.93. The van der Waals surface area contributed by atoms with Gasteiger partial charge in [0.25, 0.3) is 0 Å². The Kier molecular flexibility index (Phi) is 6.81. The van der Waals surface area contributed by atoms with Gasteiger partial charge in [-0.05, 0) is 54.2 Å². The predicted octanol–water partition coefficient (Wildman–Crippen LogP) is 0.650. The van der Waals surface area contributed by atoms with Crippen LogP contribution in [-0.4, -0.2) is 36.4 Å². The number of nitrogens with zero attached hydrogens (tertiary/aromatic N) is 2. The molecule has 0 aliphatic carbocycles. The van der Waals surface area contributed by atoms with Crippen molar-refractivity contribution >= 4 is 22.6 Å². The second kappa shape index (κ2) is 8.07. The second-order valence-corrected chi connectivity index (χ2v) is 4.01. The average molecular weight is 306 g/mol. The molecule has 0 atom stereocenters. The molecule has 1 aromatic rings. The summed E-state index contributed by atoms with van der Waals surface area (Å²) in [5.74, 6) is 0. The molecule has 1 saturated heterocycles. The molecule has 78 valence electrons. The zero-order chi connectivity index (χ0) is 10.1. The van der Waals surface area contributed by atoms with E-state index >= 15 is 0 Å². The Labute approximate surface area is 98.0 Å². The van der Waals surface area contributed by atoms with Crippen LogP contribution in [0.5, 0.6) is 0 Å². The molecule has 0 bridgehead atoms. The first-order chi connectivity index (χ1) is 6.89. The van der Waals surface area contributed by atoms with Gasteiger partial charge in [0, 0.05) is 19.3 Å². The van der Waals surface area contributed by atoms with Crippen LogP contribution in [0, 0.1) is 3.70 Å². The van der Waals surface area contributed by atoms with Crippen molar-refractivity contribution in [2.45, 2.75) is 6.42 Å². The standard InChI is InChI=1S/C5H12N2.C4H3IN2/c1-2-6-4-5-7-3-1;5-4-2-1-3-6-7-4/h6-7H,1-5H2;1-3H. The minimum atomic E-state index is 0.931. The first-order valence-electron chi connectivity index (χ1n) is 4.74. The van der Waals surface area contributed by atoms with E-state index in [9.17, 15) is 0 Å². The van der Waals surface area contributed by atoms with Crippen molar-refractivity contribution in [3.05, 3.63) is 22.0 Å². The van der Waals surface area contributed by atoms with Crippen LogP contribution in [0.3, 0.4) is 0 Å². The van der Waals surface area contributed by atoms with Crippen LogP contribution in [0.1, 0.15) is 6.42 Å². The monoisotopic (exact) mass is 306 g/mol. The molecule has 1 fully saturated rings. The van der Waals surface area contributed by atoms with E-state index in [4.69, 9.17) is 0 Å². The molecule has 2 N–H and O–H groups in total. The molecule has 1 aliphatic rings. The van der Waals surface area contributed by atoms with Crippen molar-refractivity contribution in [3.63, 3.8) is 0 Å². The van der Waals surface area contributed by atoms with Gasteiger partial charge in [-0.2, -0.15) is 5.10 Å². The van der Waals surface area contributed by atoms with E-state index in [-0.39, 0.29) is 0 Å². The van der Waals surface area contributed by atoms with Gasteiger partial charge in [-0.1, -0.05) is 0 Å². The lowest BCUT2D eigenvalue weighted by Crippen LogP contribution is -2.21. The van der Waals surface area contributed by atoms with Crippen molar-refractivity contribution in [3.8, 4) is 0 Å². The summed E-state index contributed by atoms with van der Waals surface area (Å²) in [5, 5.41) is 13.9. The van der Waals surface area contributed by atoms with Gasteiger partial charge in [0.05, 0.1) is 0 Å². The molecule has 2 heterocycles. The van der Waals surface area contributed by atoms with Gasteiger partial charge >= 0.3 is 0 Å². The number of hydrogen-bond acceptors (Lipinski definition) is 4. The Hall–Kier alpha value is -0.270. The summed E-state index contributed by atoms with van der Waals surface area (Å²) in [6.45, 7) is 4.65. The molecular weight excluding hydrogens is 291 g/mol. The Morgan fingerprint density at radius 2 is 1.86 bits per heavy atom. The van der Waals surface area contributed by atoms with E-state index in [1.165, 1.54) is 19.5 Å². The third-order valence-corrected chi connectivity index (χ3v) is 2.30. The van der Waals surface area contributed by atoms with Gasteiger partial charge in [-0.3, -0.25) is 0 Å². The van der Waals surface area contributed by atoms with Gasteiger partial charge in [0.2, 0.25) is 0 Å². The SMILES string of the molecule is C1CNCCNC1.Ic1cccnn1. The highest BCUT2D eigenvalue weighted by molar-refractivity contribution is 14.1. The molecule has 0 amide bonds. The lowest BCUT2D eigenvalue weighted by molar-refractivity contribution is 0.718. The van der Waals surface area contributed by atoms with Crippen LogP contribution in [0.4, 0.5) is 0 Å². The fourth-order valence-electron chi connectivity index (χ4n) is 1.05. The summed E-state index contributed by atoms with van der Waals surface area (Å²) in [7, 11) is 0. The van der Waals surface area contributed by atoms with Crippen LogP contribution < -0.4 is 10.6 Å². The minimum Gasteiger partial charge on any atom is -0.315 e. The highest BCUT2D eigenvalue weighted by Gasteiger charge is 1.92. The molecule has 14 heavy (non-hydrogen) atoms. The van der Waals surface area contributed by atoms with Crippen LogP contribution in [-0.2, 0) is 0 Å². The summed E-state index contributed by atoms with van der Waals surface area (Å²) in [6, 6.07) is 3.75.